The Morgan fingerprint density at radius 3 is 2.40 bits per heavy atom. The van der Waals surface area contributed by atoms with Crippen LogP contribution in [0.1, 0.15) is 29.9 Å². The Bertz CT molecular complexity index is 929. The second-order valence-corrected chi connectivity index (χ2v) is 7.86. The van der Waals surface area contributed by atoms with Crippen molar-refractivity contribution in [2.45, 2.75) is 20.8 Å². The summed E-state index contributed by atoms with van der Waals surface area (Å²) in [6.45, 7) is 11.8. The van der Waals surface area contributed by atoms with Crippen LogP contribution in [0, 0.1) is 6.92 Å². The Balaban J connectivity index is 1.93. The van der Waals surface area contributed by atoms with E-state index >= 15 is 0 Å². The van der Waals surface area contributed by atoms with Crippen molar-refractivity contribution in [2.75, 3.05) is 58.3 Å². The number of esters is 1. The fourth-order valence-corrected chi connectivity index (χ4v) is 4.28. The predicted octanol–water partition coefficient (Wildman–Crippen LogP) is -0.586. The van der Waals surface area contributed by atoms with Crippen molar-refractivity contribution in [3.8, 4) is 5.75 Å². The Morgan fingerprint density at radius 2 is 1.80 bits per heavy atom. The van der Waals surface area contributed by atoms with Crippen molar-refractivity contribution in [2.24, 2.45) is 7.05 Å². The van der Waals surface area contributed by atoms with E-state index in [1.165, 1.54) is 4.90 Å². The number of hydrogen-bond acceptors (Lipinski definition) is 4. The molecule has 0 radical (unpaired) electrons. The average molecular weight is 419 g/mol. The number of rotatable bonds is 7. The van der Waals surface area contributed by atoms with E-state index in [0.29, 0.717) is 28.9 Å². The number of piperazine rings is 1. The molecule has 1 aliphatic heterocycles. The molecule has 0 spiro atoms. The number of benzene rings is 1. The summed E-state index contributed by atoms with van der Waals surface area (Å²) >= 11 is 0. The molecule has 1 saturated heterocycles. The van der Waals surface area contributed by atoms with Gasteiger partial charge < -0.3 is 29.2 Å². The van der Waals surface area contributed by atoms with Crippen LogP contribution in [0.3, 0.4) is 0 Å². The van der Waals surface area contributed by atoms with Crippen molar-refractivity contribution in [3.63, 3.8) is 0 Å². The maximum atomic E-state index is 12.9. The summed E-state index contributed by atoms with van der Waals surface area (Å²) < 4.78 is 12.8. The Morgan fingerprint density at radius 1 is 1.13 bits per heavy atom. The zero-order valence-electron chi connectivity index (χ0n) is 18.7. The normalized spacial score (nSPS) is 19.0. The van der Waals surface area contributed by atoms with Crippen LogP contribution in [-0.4, -0.2) is 69.4 Å². The maximum absolute atomic E-state index is 12.9. The predicted molar refractivity (Wildman–Crippen MR) is 116 cm³/mol. The van der Waals surface area contributed by atoms with Crippen LogP contribution in [0.15, 0.2) is 12.1 Å². The van der Waals surface area contributed by atoms with Crippen molar-refractivity contribution in [1.82, 2.24) is 4.57 Å². The van der Waals surface area contributed by atoms with Crippen LogP contribution >= 0.6 is 0 Å². The third-order valence-corrected chi connectivity index (χ3v) is 6.16. The number of hydrogen-bond donors (Lipinski definition) is 3. The first-order valence-corrected chi connectivity index (χ1v) is 10.7. The maximum Gasteiger partial charge on any atom is 0.340 e. The average Bonchev–Trinajstić information content (AvgIpc) is 3.00. The molecule has 0 aliphatic carbocycles. The highest BCUT2D eigenvalue weighted by Gasteiger charge is 2.27. The Kier molecular flexibility index (Phi) is 6.99. The molecule has 1 fully saturated rings. The number of anilines is 1. The summed E-state index contributed by atoms with van der Waals surface area (Å²) in [6, 6.07) is 3.72. The highest BCUT2D eigenvalue weighted by atomic mass is 16.5. The quantitative estimate of drug-likeness (QED) is 0.526. The molecule has 2 heterocycles. The van der Waals surface area contributed by atoms with Gasteiger partial charge in [-0.3, -0.25) is 4.79 Å². The molecule has 1 aliphatic rings. The van der Waals surface area contributed by atoms with Crippen LogP contribution < -0.4 is 19.9 Å². The SMILES string of the molecule is CCOC(=O)c1c(C)n(C)c2ccc(OC)c(NC(=O)C[NH+]3CC[NH+](CC)CC3)c12. The zero-order chi connectivity index (χ0) is 21.8. The molecule has 0 unspecified atom stereocenters. The molecule has 30 heavy (non-hydrogen) atoms. The monoisotopic (exact) mass is 418 g/mol. The lowest BCUT2D eigenvalue weighted by Gasteiger charge is -2.28. The Hall–Kier alpha value is -2.58. The number of nitrogens with one attached hydrogen (secondary N) is 3. The van der Waals surface area contributed by atoms with Gasteiger partial charge >= 0.3 is 5.97 Å². The van der Waals surface area contributed by atoms with Crippen LogP contribution in [0.4, 0.5) is 5.69 Å². The fourth-order valence-electron chi connectivity index (χ4n) is 4.28. The number of carbonyl (C=O) groups is 2. The minimum absolute atomic E-state index is 0.0768. The number of fused-ring (bicyclic) bond motifs is 1. The molecular formula is C22H34N4O4+2. The molecule has 1 amide bonds. The van der Waals surface area contributed by atoms with E-state index in [2.05, 4.69) is 12.2 Å². The summed E-state index contributed by atoms with van der Waals surface area (Å²) in [6.07, 6.45) is 0. The van der Waals surface area contributed by atoms with E-state index in [0.717, 1.165) is 43.9 Å². The molecule has 8 nitrogen and oxygen atoms in total. The molecule has 1 aromatic carbocycles. The number of ether oxygens (including phenoxy) is 2. The van der Waals surface area contributed by atoms with E-state index in [1.807, 2.05) is 30.7 Å². The number of carbonyl (C=O) groups excluding carboxylic acids is 2. The van der Waals surface area contributed by atoms with Crippen LogP contribution in [0.25, 0.3) is 10.9 Å². The number of likely N-dealkylation sites (N-methyl/N-ethyl adjacent to an activating group) is 1. The second-order valence-electron chi connectivity index (χ2n) is 7.86. The largest absolute Gasteiger partial charge is 0.495 e. The van der Waals surface area contributed by atoms with E-state index in [-0.39, 0.29) is 12.5 Å². The summed E-state index contributed by atoms with van der Waals surface area (Å²) in [4.78, 5) is 28.5. The van der Waals surface area contributed by atoms with Gasteiger partial charge in [-0.2, -0.15) is 0 Å². The van der Waals surface area contributed by atoms with Gasteiger partial charge in [-0.05, 0) is 32.9 Å². The van der Waals surface area contributed by atoms with Gasteiger partial charge in [-0.25, -0.2) is 4.79 Å². The van der Waals surface area contributed by atoms with Crippen LogP contribution in [0.5, 0.6) is 5.75 Å². The number of aromatic nitrogens is 1. The molecular weight excluding hydrogens is 384 g/mol. The van der Waals surface area contributed by atoms with E-state index < -0.39 is 5.97 Å². The second kappa shape index (κ2) is 9.49. The van der Waals surface area contributed by atoms with Gasteiger partial charge in [-0.15, -0.1) is 0 Å². The lowest BCUT2D eigenvalue weighted by molar-refractivity contribution is -1.01. The summed E-state index contributed by atoms with van der Waals surface area (Å²) in [7, 11) is 3.47. The van der Waals surface area contributed by atoms with E-state index in [1.54, 1.807) is 18.9 Å². The molecule has 1 aromatic heterocycles. The van der Waals surface area contributed by atoms with Gasteiger partial charge in [0.2, 0.25) is 0 Å². The van der Waals surface area contributed by atoms with Crippen molar-refractivity contribution in [1.29, 1.82) is 0 Å². The molecule has 164 valence electrons. The van der Waals surface area contributed by atoms with Gasteiger partial charge in [0.1, 0.15) is 31.9 Å². The first-order valence-electron chi connectivity index (χ1n) is 10.7. The van der Waals surface area contributed by atoms with Crippen molar-refractivity contribution in [3.05, 3.63) is 23.4 Å². The highest BCUT2D eigenvalue weighted by molar-refractivity contribution is 6.14. The number of quaternary nitrogens is 2. The molecule has 3 N–H and O–H groups in total. The standard InChI is InChI=1S/C22H32N4O4/c1-6-25-10-12-26(13-11-25)14-18(27)23-21-17(29-5)9-8-16-20(21)19(15(3)24(16)4)22(28)30-7-2/h8-9H,6-7,10-14H2,1-5H3,(H,23,27)/p+2. The van der Waals surface area contributed by atoms with Gasteiger partial charge in [0.25, 0.3) is 5.91 Å². The Labute approximate surface area is 177 Å². The lowest BCUT2D eigenvalue weighted by Crippen LogP contribution is -3.28. The minimum atomic E-state index is -0.395. The fraction of sp³-hybridized carbons (Fsp3) is 0.545. The van der Waals surface area contributed by atoms with Gasteiger partial charge in [-0.1, -0.05) is 0 Å². The zero-order valence-corrected chi connectivity index (χ0v) is 18.7. The molecule has 0 bridgehead atoms. The lowest BCUT2D eigenvalue weighted by atomic mass is 10.1. The number of aryl methyl sites for hydroxylation is 1. The summed E-state index contributed by atoms with van der Waals surface area (Å²) in [5.74, 6) is 0.0583. The van der Waals surface area contributed by atoms with Crippen LogP contribution in [0.2, 0.25) is 0 Å². The van der Waals surface area contributed by atoms with E-state index in [4.69, 9.17) is 9.47 Å². The molecule has 8 heteroatoms. The molecule has 0 saturated carbocycles. The first kappa shape index (κ1) is 22.1. The van der Waals surface area contributed by atoms with E-state index in [9.17, 15) is 9.59 Å². The summed E-state index contributed by atoms with van der Waals surface area (Å²) in [5.41, 5.74) is 2.63. The van der Waals surface area contributed by atoms with Gasteiger partial charge in [0.05, 0.1) is 37.0 Å². The first-order chi connectivity index (χ1) is 14.4. The van der Waals surface area contributed by atoms with Gasteiger partial charge in [0, 0.05) is 18.1 Å². The van der Waals surface area contributed by atoms with Crippen LogP contribution in [-0.2, 0) is 16.6 Å². The number of nitrogens with zero attached hydrogens (tertiary/aromatic N) is 1. The molecule has 2 aromatic rings. The third kappa shape index (κ3) is 4.29. The van der Waals surface area contributed by atoms with Crippen molar-refractivity contribution < 1.29 is 28.9 Å². The number of methoxy groups -OCH3 is 1. The highest BCUT2D eigenvalue weighted by Crippen LogP contribution is 2.38. The smallest absolute Gasteiger partial charge is 0.340 e. The molecule has 3 rings (SSSR count). The van der Waals surface area contributed by atoms with Crippen molar-refractivity contribution >= 4 is 28.5 Å². The topological polar surface area (TPSA) is 78.4 Å². The third-order valence-electron chi connectivity index (χ3n) is 6.16. The molecule has 0 atom stereocenters. The number of amides is 1. The summed E-state index contributed by atoms with van der Waals surface area (Å²) in [5, 5.41) is 3.71. The van der Waals surface area contributed by atoms with Gasteiger partial charge in [0.15, 0.2) is 6.54 Å². The minimum Gasteiger partial charge on any atom is -0.495 e.